The lowest BCUT2D eigenvalue weighted by Crippen LogP contribution is -2.28. The zero-order valence-corrected chi connectivity index (χ0v) is 9.04. The smallest absolute Gasteiger partial charge is 0.129 e. The topological polar surface area (TPSA) is 49.8 Å². The third kappa shape index (κ3) is 4.18. The molecule has 0 fully saturated rings. The van der Waals surface area contributed by atoms with E-state index in [4.69, 9.17) is 0 Å². The molecule has 1 heterocycles. The first-order chi connectivity index (χ1) is 6.68. The van der Waals surface area contributed by atoms with E-state index in [9.17, 15) is 0 Å². The average Bonchev–Trinajstić information content (AvgIpc) is 2.12. The molecule has 1 aromatic rings. The summed E-state index contributed by atoms with van der Waals surface area (Å²) in [6, 6.07) is 2.47. The first kappa shape index (κ1) is 10.9. The molecule has 1 aromatic heterocycles. The molecule has 0 radical (unpaired) electrons. The van der Waals surface area contributed by atoms with Crippen molar-refractivity contribution in [3.05, 3.63) is 18.1 Å². The summed E-state index contributed by atoms with van der Waals surface area (Å²) in [5, 5.41) is 6.55. The highest BCUT2D eigenvalue weighted by Crippen LogP contribution is 2.00. The van der Waals surface area contributed by atoms with Gasteiger partial charge in [-0.25, -0.2) is 9.97 Å². The minimum atomic E-state index is 0.531. The summed E-state index contributed by atoms with van der Waals surface area (Å²) in [5.74, 6) is 0.892. The molecule has 78 valence electrons. The van der Waals surface area contributed by atoms with E-state index in [0.29, 0.717) is 6.04 Å². The highest BCUT2D eigenvalue weighted by molar-refractivity contribution is 5.34. The van der Waals surface area contributed by atoms with Crippen molar-refractivity contribution in [3.63, 3.8) is 0 Å². The maximum atomic E-state index is 4.11. The van der Waals surface area contributed by atoms with Crippen LogP contribution in [0.15, 0.2) is 12.4 Å². The van der Waals surface area contributed by atoms with Gasteiger partial charge in [-0.2, -0.15) is 0 Å². The molecule has 0 bridgehead atoms. The van der Waals surface area contributed by atoms with Crippen molar-refractivity contribution in [3.8, 4) is 0 Å². The molecule has 0 aliphatic rings. The Kier molecular flexibility index (Phi) is 4.32. The van der Waals surface area contributed by atoms with Gasteiger partial charge in [-0.15, -0.1) is 0 Å². The Balaban J connectivity index is 2.25. The summed E-state index contributed by atoms with van der Waals surface area (Å²) in [6.45, 7) is 8.05. The van der Waals surface area contributed by atoms with Gasteiger partial charge in [-0.05, 0) is 6.92 Å². The van der Waals surface area contributed by atoms with Crippen LogP contribution in [0, 0.1) is 6.92 Å². The van der Waals surface area contributed by atoms with Gasteiger partial charge in [0.25, 0.3) is 0 Å². The van der Waals surface area contributed by atoms with Crippen molar-refractivity contribution in [1.82, 2.24) is 15.3 Å². The van der Waals surface area contributed by atoms with Crippen molar-refractivity contribution in [2.45, 2.75) is 26.8 Å². The molecule has 0 spiro atoms. The fraction of sp³-hybridized carbons (Fsp3) is 0.600. The summed E-state index contributed by atoms with van der Waals surface area (Å²) >= 11 is 0. The SMILES string of the molecule is Cc1cc(NCCNC(C)C)ncn1. The van der Waals surface area contributed by atoms with E-state index in [1.807, 2.05) is 13.0 Å². The second kappa shape index (κ2) is 5.54. The second-order valence-electron chi connectivity index (χ2n) is 3.58. The summed E-state index contributed by atoms with van der Waals surface area (Å²) in [6.07, 6.45) is 1.58. The maximum Gasteiger partial charge on any atom is 0.129 e. The van der Waals surface area contributed by atoms with Gasteiger partial charge < -0.3 is 10.6 Å². The molecule has 0 aromatic carbocycles. The number of aryl methyl sites for hydroxylation is 1. The molecular formula is C10H18N4. The predicted molar refractivity (Wildman–Crippen MR) is 58.4 cm³/mol. The Morgan fingerprint density at radius 3 is 2.71 bits per heavy atom. The Hall–Kier alpha value is -1.16. The van der Waals surface area contributed by atoms with Crippen LogP contribution in [0.1, 0.15) is 19.5 Å². The van der Waals surface area contributed by atoms with Crippen LogP contribution in [-0.2, 0) is 0 Å². The van der Waals surface area contributed by atoms with Crippen LogP contribution >= 0.6 is 0 Å². The highest BCUT2D eigenvalue weighted by Gasteiger charge is 1.94. The molecule has 0 aliphatic heterocycles. The van der Waals surface area contributed by atoms with Gasteiger partial charge in [0.15, 0.2) is 0 Å². The van der Waals surface area contributed by atoms with E-state index in [0.717, 1.165) is 24.6 Å². The molecule has 0 atom stereocenters. The van der Waals surface area contributed by atoms with Gasteiger partial charge >= 0.3 is 0 Å². The fourth-order valence-electron chi connectivity index (χ4n) is 1.10. The third-order valence-corrected chi connectivity index (χ3v) is 1.79. The molecule has 4 heteroatoms. The van der Waals surface area contributed by atoms with E-state index in [-0.39, 0.29) is 0 Å². The van der Waals surface area contributed by atoms with Gasteiger partial charge in [-0.3, -0.25) is 0 Å². The van der Waals surface area contributed by atoms with E-state index in [1.54, 1.807) is 6.33 Å². The molecule has 0 saturated heterocycles. The quantitative estimate of drug-likeness (QED) is 0.691. The third-order valence-electron chi connectivity index (χ3n) is 1.79. The average molecular weight is 194 g/mol. The van der Waals surface area contributed by atoms with Gasteiger partial charge in [0.05, 0.1) is 0 Å². The highest BCUT2D eigenvalue weighted by atomic mass is 15.0. The van der Waals surface area contributed by atoms with Crippen molar-refractivity contribution < 1.29 is 0 Å². The Labute approximate surface area is 85.2 Å². The van der Waals surface area contributed by atoms with E-state index in [2.05, 4.69) is 34.4 Å². The van der Waals surface area contributed by atoms with Gasteiger partial charge in [0.1, 0.15) is 12.1 Å². The Morgan fingerprint density at radius 2 is 2.07 bits per heavy atom. The van der Waals surface area contributed by atoms with Gasteiger partial charge in [0, 0.05) is 30.9 Å². The Bertz CT molecular complexity index is 273. The van der Waals surface area contributed by atoms with Crippen LogP contribution in [0.5, 0.6) is 0 Å². The maximum absolute atomic E-state index is 4.11. The lowest BCUT2D eigenvalue weighted by Gasteiger charge is -2.09. The molecule has 2 N–H and O–H groups in total. The molecule has 0 unspecified atom stereocenters. The van der Waals surface area contributed by atoms with Crippen LogP contribution in [0.2, 0.25) is 0 Å². The number of rotatable bonds is 5. The lowest BCUT2D eigenvalue weighted by atomic mass is 10.4. The van der Waals surface area contributed by atoms with Crippen molar-refractivity contribution in [1.29, 1.82) is 0 Å². The van der Waals surface area contributed by atoms with Crippen LogP contribution in [-0.4, -0.2) is 29.1 Å². The lowest BCUT2D eigenvalue weighted by molar-refractivity contribution is 0.602. The number of hydrogen-bond acceptors (Lipinski definition) is 4. The number of aromatic nitrogens is 2. The minimum absolute atomic E-state index is 0.531. The largest absolute Gasteiger partial charge is 0.369 e. The normalized spacial score (nSPS) is 10.6. The summed E-state index contributed by atoms with van der Waals surface area (Å²) in [5.41, 5.74) is 0.985. The molecule has 0 aliphatic carbocycles. The van der Waals surface area contributed by atoms with E-state index in [1.165, 1.54) is 0 Å². The predicted octanol–water partition coefficient (Wildman–Crippen LogP) is 1.19. The number of hydrogen-bond donors (Lipinski definition) is 2. The van der Waals surface area contributed by atoms with Crippen molar-refractivity contribution >= 4 is 5.82 Å². The number of nitrogens with zero attached hydrogens (tertiary/aromatic N) is 2. The van der Waals surface area contributed by atoms with Crippen molar-refractivity contribution in [2.75, 3.05) is 18.4 Å². The molecule has 0 amide bonds. The van der Waals surface area contributed by atoms with Crippen LogP contribution in [0.25, 0.3) is 0 Å². The standard InChI is InChI=1S/C10H18N4/c1-8(2)11-4-5-12-10-6-9(3)13-7-14-10/h6-8,11H,4-5H2,1-3H3,(H,12,13,14). The second-order valence-corrected chi connectivity index (χ2v) is 3.58. The summed E-state index contributed by atoms with van der Waals surface area (Å²) in [4.78, 5) is 8.14. The van der Waals surface area contributed by atoms with Crippen LogP contribution in [0.3, 0.4) is 0 Å². The molecule has 14 heavy (non-hydrogen) atoms. The van der Waals surface area contributed by atoms with E-state index < -0.39 is 0 Å². The zero-order valence-electron chi connectivity index (χ0n) is 9.04. The Morgan fingerprint density at radius 1 is 1.29 bits per heavy atom. The van der Waals surface area contributed by atoms with Crippen LogP contribution < -0.4 is 10.6 Å². The molecule has 4 nitrogen and oxygen atoms in total. The molecular weight excluding hydrogens is 176 g/mol. The number of nitrogens with one attached hydrogen (secondary N) is 2. The zero-order chi connectivity index (χ0) is 10.4. The number of anilines is 1. The van der Waals surface area contributed by atoms with Crippen LogP contribution in [0.4, 0.5) is 5.82 Å². The van der Waals surface area contributed by atoms with Gasteiger partial charge in [0.2, 0.25) is 0 Å². The molecule has 1 rings (SSSR count). The van der Waals surface area contributed by atoms with Crippen molar-refractivity contribution in [2.24, 2.45) is 0 Å². The van der Waals surface area contributed by atoms with E-state index >= 15 is 0 Å². The fourth-order valence-corrected chi connectivity index (χ4v) is 1.10. The molecule has 0 saturated carbocycles. The first-order valence-corrected chi connectivity index (χ1v) is 4.94. The minimum Gasteiger partial charge on any atom is -0.369 e. The summed E-state index contributed by atoms with van der Waals surface area (Å²) < 4.78 is 0. The summed E-state index contributed by atoms with van der Waals surface area (Å²) in [7, 11) is 0. The monoisotopic (exact) mass is 194 g/mol. The first-order valence-electron chi connectivity index (χ1n) is 4.94. The van der Waals surface area contributed by atoms with Gasteiger partial charge in [-0.1, -0.05) is 13.8 Å².